The van der Waals surface area contributed by atoms with Gasteiger partial charge in [0.15, 0.2) is 0 Å². The summed E-state index contributed by atoms with van der Waals surface area (Å²) in [5.41, 5.74) is 0.0360. The number of rotatable bonds is 5. The summed E-state index contributed by atoms with van der Waals surface area (Å²) in [6.45, 7) is 1.21. The predicted octanol–water partition coefficient (Wildman–Crippen LogP) is 3.94. The van der Waals surface area contributed by atoms with E-state index in [1.807, 2.05) is 0 Å². The van der Waals surface area contributed by atoms with E-state index in [9.17, 15) is 9.18 Å². The van der Waals surface area contributed by atoms with Gasteiger partial charge in [-0.1, -0.05) is 37.3 Å². The fourth-order valence-electron chi connectivity index (χ4n) is 2.70. The molecular weight excluding hydrogens is 326 g/mol. The first-order chi connectivity index (χ1) is 10.2. The molecule has 0 unspecified atom stereocenters. The third-order valence-corrected chi connectivity index (χ3v) is 4.11. The van der Waals surface area contributed by atoms with Gasteiger partial charge in [-0.25, -0.2) is 4.39 Å². The molecule has 1 aromatic carbocycles. The number of hydrogen-bond donors (Lipinski definition) is 2. The summed E-state index contributed by atoms with van der Waals surface area (Å²) in [5.74, 6) is -0.983. The Labute approximate surface area is 142 Å². The van der Waals surface area contributed by atoms with Gasteiger partial charge in [0.2, 0.25) is 0 Å². The molecule has 0 atom stereocenters. The maximum Gasteiger partial charge on any atom is 0.254 e. The molecule has 1 aliphatic rings. The average Bonchev–Trinajstić information content (AvgIpc) is 2.72. The molecule has 0 heterocycles. The predicted molar refractivity (Wildman–Crippen MR) is 90.5 cm³/mol. The largest absolute Gasteiger partial charge is 0.351 e. The summed E-state index contributed by atoms with van der Waals surface area (Å²) in [6.07, 6.45) is 7.62. The fraction of sp³-hybridized carbons (Fsp3) is 0.562. The number of benzene rings is 1. The van der Waals surface area contributed by atoms with Crippen LogP contribution < -0.4 is 10.6 Å². The Kier molecular flexibility index (Phi) is 8.76. The molecule has 3 nitrogen and oxygen atoms in total. The van der Waals surface area contributed by atoms with Crippen LogP contribution in [-0.2, 0) is 0 Å². The lowest BCUT2D eigenvalue weighted by Crippen LogP contribution is -2.37. The molecule has 1 saturated carbocycles. The van der Waals surface area contributed by atoms with Crippen molar-refractivity contribution >= 4 is 29.9 Å². The summed E-state index contributed by atoms with van der Waals surface area (Å²) in [5, 5.41) is 6.48. The Morgan fingerprint density at radius 1 is 1.18 bits per heavy atom. The van der Waals surface area contributed by atoms with E-state index < -0.39 is 11.7 Å². The minimum atomic E-state index is -0.586. The normalized spacial score (nSPS) is 15.7. The van der Waals surface area contributed by atoms with E-state index in [1.54, 1.807) is 0 Å². The van der Waals surface area contributed by atoms with Crippen LogP contribution in [0.3, 0.4) is 0 Å². The van der Waals surface area contributed by atoms with Gasteiger partial charge in [0.05, 0.1) is 5.56 Å². The molecule has 1 aromatic rings. The van der Waals surface area contributed by atoms with Crippen molar-refractivity contribution in [2.24, 2.45) is 0 Å². The minimum Gasteiger partial charge on any atom is -0.351 e. The van der Waals surface area contributed by atoms with E-state index in [-0.39, 0.29) is 18.0 Å². The zero-order chi connectivity index (χ0) is 15.1. The second-order valence-electron chi connectivity index (χ2n) is 5.52. The standard InChI is InChI=1S/C16H22ClFN2O.ClH/c17-12-7-8-14(15(18)11-12)16(21)20-10-9-19-13-5-3-1-2-4-6-13;/h7-8,11,13,19H,1-6,9-10H2,(H,20,21);1H. The van der Waals surface area contributed by atoms with Crippen LogP contribution in [-0.4, -0.2) is 25.0 Å². The summed E-state index contributed by atoms with van der Waals surface area (Å²) in [7, 11) is 0. The highest BCUT2D eigenvalue weighted by Crippen LogP contribution is 2.17. The zero-order valence-electron chi connectivity index (χ0n) is 12.5. The maximum absolute atomic E-state index is 13.6. The SMILES string of the molecule is Cl.O=C(NCCNC1CCCCCC1)c1ccc(Cl)cc1F. The lowest BCUT2D eigenvalue weighted by Gasteiger charge is -2.16. The second kappa shape index (κ2) is 10.0. The average molecular weight is 349 g/mol. The number of carbonyl (C=O) groups is 1. The molecule has 1 fully saturated rings. The Balaban J connectivity index is 0.00000242. The van der Waals surface area contributed by atoms with Gasteiger partial charge in [0.25, 0.3) is 5.91 Å². The summed E-state index contributed by atoms with van der Waals surface area (Å²) in [4.78, 5) is 11.9. The molecule has 124 valence electrons. The topological polar surface area (TPSA) is 41.1 Å². The van der Waals surface area contributed by atoms with Crippen LogP contribution in [0.1, 0.15) is 48.9 Å². The summed E-state index contributed by atoms with van der Waals surface area (Å²) < 4.78 is 13.6. The minimum absolute atomic E-state index is 0. The van der Waals surface area contributed by atoms with Crippen molar-refractivity contribution in [1.29, 1.82) is 0 Å². The molecule has 0 radical (unpaired) electrons. The van der Waals surface area contributed by atoms with Crippen molar-refractivity contribution in [3.05, 3.63) is 34.6 Å². The first kappa shape index (κ1) is 19.2. The highest BCUT2D eigenvalue weighted by molar-refractivity contribution is 6.30. The third-order valence-electron chi connectivity index (χ3n) is 3.87. The van der Waals surface area contributed by atoms with E-state index in [0.717, 1.165) is 6.07 Å². The molecule has 6 heteroatoms. The number of amides is 1. The lowest BCUT2D eigenvalue weighted by molar-refractivity contribution is 0.0949. The molecule has 1 aliphatic carbocycles. The van der Waals surface area contributed by atoms with Crippen molar-refractivity contribution in [3.8, 4) is 0 Å². The first-order valence-electron chi connectivity index (χ1n) is 7.63. The maximum atomic E-state index is 13.6. The summed E-state index contributed by atoms with van der Waals surface area (Å²) >= 11 is 5.67. The molecule has 0 bridgehead atoms. The Hall–Kier alpha value is -0.840. The van der Waals surface area contributed by atoms with Crippen molar-refractivity contribution in [1.82, 2.24) is 10.6 Å². The highest BCUT2D eigenvalue weighted by Gasteiger charge is 2.13. The van der Waals surface area contributed by atoms with Crippen molar-refractivity contribution < 1.29 is 9.18 Å². The summed E-state index contributed by atoms with van der Waals surface area (Å²) in [6, 6.07) is 4.63. The molecule has 1 amide bonds. The van der Waals surface area contributed by atoms with Crippen LogP contribution in [0.25, 0.3) is 0 Å². The molecule has 0 aromatic heterocycles. The smallest absolute Gasteiger partial charge is 0.254 e. The van der Waals surface area contributed by atoms with Crippen molar-refractivity contribution in [2.45, 2.75) is 44.6 Å². The van der Waals surface area contributed by atoms with Crippen LogP contribution in [0.4, 0.5) is 4.39 Å². The Morgan fingerprint density at radius 2 is 1.86 bits per heavy atom. The van der Waals surface area contributed by atoms with Gasteiger partial charge < -0.3 is 10.6 Å². The van der Waals surface area contributed by atoms with Crippen molar-refractivity contribution in [2.75, 3.05) is 13.1 Å². The molecule has 22 heavy (non-hydrogen) atoms. The third kappa shape index (κ3) is 6.11. The van der Waals surface area contributed by atoms with Gasteiger partial charge in [-0.3, -0.25) is 4.79 Å². The number of nitrogens with one attached hydrogen (secondary N) is 2. The second-order valence-corrected chi connectivity index (χ2v) is 5.96. The van der Waals surface area contributed by atoms with Crippen LogP contribution in [0, 0.1) is 5.82 Å². The zero-order valence-corrected chi connectivity index (χ0v) is 14.1. The number of carbonyl (C=O) groups excluding carboxylic acids is 1. The highest BCUT2D eigenvalue weighted by atomic mass is 35.5. The van der Waals surface area contributed by atoms with Crippen LogP contribution in [0.2, 0.25) is 5.02 Å². The van der Waals surface area contributed by atoms with Gasteiger partial charge in [0, 0.05) is 24.2 Å². The van der Waals surface area contributed by atoms with Crippen LogP contribution in [0.15, 0.2) is 18.2 Å². The van der Waals surface area contributed by atoms with Gasteiger partial charge in [0.1, 0.15) is 5.82 Å². The fourth-order valence-corrected chi connectivity index (χ4v) is 2.86. The van der Waals surface area contributed by atoms with Gasteiger partial charge in [-0.2, -0.15) is 0 Å². The van der Waals surface area contributed by atoms with Gasteiger partial charge in [-0.15, -0.1) is 12.4 Å². The van der Waals surface area contributed by atoms with Gasteiger partial charge in [-0.05, 0) is 31.0 Å². The first-order valence-corrected chi connectivity index (χ1v) is 8.01. The molecule has 0 saturated heterocycles. The van der Waals surface area contributed by atoms with E-state index in [2.05, 4.69) is 10.6 Å². The van der Waals surface area contributed by atoms with E-state index in [4.69, 9.17) is 11.6 Å². The number of halogens is 3. The van der Waals surface area contributed by atoms with E-state index in [0.29, 0.717) is 24.2 Å². The van der Waals surface area contributed by atoms with E-state index >= 15 is 0 Å². The number of hydrogen-bond acceptors (Lipinski definition) is 2. The molecule has 2 rings (SSSR count). The van der Waals surface area contributed by atoms with Crippen molar-refractivity contribution in [3.63, 3.8) is 0 Å². The Bertz CT molecular complexity index is 477. The quantitative estimate of drug-likeness (QED) is 0.624. The van der Waals surface area contributed by atoms with Crippen LogP contribution >= 0.6 is 24.0 Å². The molecule has 0 aliphatic heterocycles. The van der Waals surface area contributed by atoms with Crippen LogP contribution in [0.5, 0.6) is 0 Å². The molecular formula is C16H23Cl2FN2O. The molecule has 2 N–H and O–H groups in total. The monoisotopic (exact) mass is 348 g/mol. The lowest BCUT2D eigenvalue weighted by atomic mass is 10.1. The van der Waals surface area contributed by atoms with E-state index in [1.165, 1.54) is 50.7 Å². The molecule has 0 spiro atoms. The van der Waals surface area contributed by atoms with Gasteiger partial charge >= 0.3 is 0 Å². The Morgan fingerprint density at radius 3 is 2.50 bits per heavy atom.